The Morgan fingerprint density at radius 2 is 0.817 bits per heavy atom. The maximum Gasteiger partial charge on any atom is 0.164 e. The second-order valence-corrected chi connectivity index (χ2v) is 14.9. The van der Waals surface area contributed by atoms with Crippen molar-refractivity contribution in [2.24, 2.45) is 0 Å². The number of hydrogen-bond donors (Lipinski definition) is 0. The van der Waals surface area contributed by atoms with E-state index in [0.29, 0.717) is 17.5 Å². The maximum absolute atomic E-state index is 6.67. The molecular weight excluding hydrogens is 733 g/mol. The molecule has 0 spiro atoms. The van der Waals surface area contributed by atoms with Gasteiger partial charge in [-0.1, -0.05) is 164 Å². The Hall–Kier alpha value is -8.15. The minimum atomic E-state index is 0.574. The number of hydrogen-bond acceptors (Lipinski definition) is 5. The summed E-state index contributed by atoms with van der Waals surface area (Å²) in [5.41, 5.74) is 12.0. The number of benzene rings is 9. The highest BCUT2D eigenvalue weighted by atomic mass is 16.3. The number of anilines is 3. The normalized spacial score (nSPS) is 11.3. The molecule has 0 aliphatic carbocycles. The van der Waals surface area contributed by atoms with E-state index < -0.39 is 0 Å². The van der Waals surface area contributed by atoms with Gasteiger partial charge in [-0.15, -0.1) is 0 Å². The lowest BCUT2D eigenvalue weighted by atomic mass is 10.00. The first-order chi connectivity index (χ1) is 29.7. The Labute approximate surface area is 347 Å². The summed E-state index contributed by atoms with van der Waals surface area (Å²) in [6, 6.07) is 75.8. The molecule has 2 aromatic heterocycles. The molecule has 0 atom stereocenters. The van der Waals surface area contributed by atoms with Gasteiger partial charge in [0.25, 0.3) is 0 Å². The van der Waals surface area contributed by atoms with Crippen LogP contribution < -0.4 is 4.90 Å². The van der Waals surface area contributed by atoms with Crippen molar-refractivity contribution in [2.75, 3.05) is 4.90 Å². The first-order valence-corrected chi connectivity index (χ1v) is 20.1. The van der Waals surface area contributed by atoms with Crippen molar-refractivity contribution in [3.8, 4) is 56.4 Å². The fourth-order valence-electron chi connectivity index (χ4n) is 8.10. The van der Waals surface area contributed by atoms with Gasteiger partial charge in [0.05, 0.1) is 11.1 Å². The van der Waals surface area contributed by atoms with E-state index in [1.807, 2.05) is 48.5 Å². The molecule has 0 unspecified atom stereocenters. The Balaban J connectivity index is 0.998. The molecule has 60 heavy (non-hydrogen) atoms. The third kappa shape index (κ3) is 6.54. The van der Waals surface area contributed by atoms with Crippen LogP contribution in [0.3, 0.4) is 0 Å². The lowest BCUT2D eigenvalue weighted by Gasteiger charge is -2.26. The average molecular weight is 769 g/mol. The van der Waals surface area contributed by atoms with Gasteiger partial charge in [0, 0.05) is 33.5 Å². The number of rotatable bonds is 8. The molecule has 0 radical (unpaired) electrons. The molecule has 0 saturated heterocycles. The summed E-state index contributed by atoms with van der Waals surface area (Å²) in [4.78, 5) is 17.4. The van der Waals surface area contributed by atoms with E-state index in [0.717, 1.165) is 66.8 Å². The van der Waals surface area contributed by atoms with E-state index >= 15 is 0 Å². The average Bonchev–Trinajstić information content (AvgIpc) is 3.71. The number of nitrogens with zero attached hydrogens (tertiary/aromatic N) is 4. The molecule has 0 aliphatic heterocycles. The van der Waals surface area contributed by atoms with Gasteiger partial charge in [-0.05, 0) is 87.6 Å². The van der Waals surface area contributed by atoms with Gasteiger partial charge in [0.2, 0.25) is 0 Å². The highest BCUT2D eigenvalue weighted by Crippen LogP contribution is 2.44. The third-order valence-electron chi connectivity index (χ3n) is 11.1. The van der Waals surface area contributed by atoms with E-state index in [-0.39, 0.29) is 0 Å². The predicted octanol–water partition coefficient (Wildman–Crippen LogP) is 14.7. The van der Waals surface area contributed by atoms with Gasteiger partial charge in [-0.2, -0.15) is 0 Å². The van der Waals surface area contributed by atoms with Crippen molar-refractivity contribution in [2.45, 2.75) is 0 Å². The Kier molecular flexibility index (Phi) is 8.75. The van der Waals surface area contributed by atoms with Crippen molar-refractivity contribution in [1.82, 2.24) is 15.0 Å². The molecule has 5 heteroatoms. The summed E-state index contributed by atoms with van der Waals surface area (Å²) in [6.45, 7) is 0. The topological polar surface area (TPSA) is 55.1 Å². The molecule has 2 heterocycles. The predicted molar refractivity (Wildman–Crippen MR) is 246 cm³/mol. The van der Waals surface area contributed by atoms with Gasteiger partial charge in [-0.25, -0.2) is 15.0 Å². The van der Waals surface area contributed by atoms with Crippen molar-refractivity contribution in [3.05, 3.63) is 218 Å². The zero-order valence-corrected chi connectivity index (χ0v) is 32.5. The molecule has 0 N–H and O–H groups in total. The van der Waals surface area contributed by atoms with Crippen LogP contribution >= 0.6 is 0 Å². The second-order valence-electron chi connectivity index (χ2n) is 14.9. The molecule has 11 aromatic rings. The fourth-order valence-corrected chi connectivity index (χ4v) is 8.10. The highest BCUT2D eigenvalue weighted by Gasteiger charge is 2.21. The molecule has 0 aliphatic rings. The van der Waals surface area contributed by atoms with Gasteiger partial charge >= 0.3 is 0 Å². The van der Waals surface area contributed by atoms with Crippen LogP contribution in [0.4, 0.5) is 17.1 Å². The molecule has 11 rings (SSSR count). The van der Waals surface area contributed by atoms with Crippen LogP contribution in [0, 0.1) is 0 Å². The summed E-state index contributed by atoms with van der Waals surface area (Å²) in [7, 11) is 0. The molecule has 0 amide bonds. The van der Waals surface area contributed by atoms with E-state index in [2.05, 4.69) is 175 Å². The Bertz CT molecular complexity index is 3290. The molecule has 5 nitrogen and oxygen atoms in total. The first-order valence-electron chi connectivity index (χ1n) is 20.1. The summed E-state index contributed by atoms with van der Waals surface area (Å²) in [6.07, 6.45) is 0. The lowest BCUT2D eigenvalue weighted by molar-refractivity contribution is 0.669. The largest absolute Gasteiger partial charge is 0.456 e. The quantitative estimate of drug-likeness (QED) is 0.154. The van der Waals surface area contributed by atoms with E-state index in [1.54, 1.807) is 0 Å². The van der Waals surface area contributed by atoms with Crippen molar-refractivity contribution >= 4 is 49.8 Å². The SMILES string of the molecule is c1ccc(-c2ccc(N(c3ccccc3)c3cccc4oc5cc(-c6nc(-c7ccccc7)nc(-c7ccc(-c8ccc9ccccc9c8)cc7)n6)ccc5c34)cc2)cc1. The van der Waals surface area contributed by atoms with Gasteiger partial charge in [-0.3, -0.25) is 0 Å². The lowest BCUT2D eigenvalue weighted by Crippen LogP contribution is -2.10. The zero-order valence-electron chi connectivity index (χ0n) is 32.5. The highest BCUT2D eigenvalue weighted by molar-refractivity contribution is 6.14. The van der Waals surface area contributed by atoms with Crippen LogP contribution in [0.1, 0.15) is 0 Å². The third-order valence-corrected chi connectivity index (χ3v) is 11.1. The molecule has 0 bridgehead atoms. The Morgan fingerprint density at radius 3 is 1.53 bits per heavy atom. The van der Waals surface area contributed by atoms with Crippen LogP contribution in [-0.2, 0) is 0 Å². The van der Waals surface area contributed by atoms with E-state index in [4.69, 9.17) is 19.4 Å². The molecule has 282 valence electrons. The van der Waals surface area contributed by atoms with Gasteiger partial charge in [0.1, 0.15) is 11.2 Å². The number of para-hydroxylation sites is 1. The van der Waals surface area contributed by atoms with Crippen LogP contribution in [-0.4, -0.2) is 15.0 Å². The van der Waals surface area contributed by atoms with Crippen LogP contribution in [0.5, 0.6) is 0 Å². The summed E-state index contributed by atoms with van der Waals surface area (Å²) >= 11 is 0. The van der Waals surface area contributed by atoms with Crippen LogP contribution in [0.25, 0.3) is 89.1 Å². The fraction of sp³-hybridized carbons (Fsp3) is 0. The van der Waals surface area contributed by atoms with E-state index in [9.17, 15) is 0 Å². The minimum absolute atomic E-state index is 0.574. The van der Waals surface area contributed by atoms with Gasteiger partial charge in [0.15, 0.2) is 17.5 Å². The molecule has 9 aromatic carbocycles. The standard InChI is InChI=1S/C55H36N4O/c1-4-13-37(14-5-1)39-29-32-47(33-30-39)59(46-19-8-3-9-20-46)49-21-12-22-50-52(49)48-34-31-45(36-51(48)60-50)55-57-53(41-16-6-2-7-17-41)56-54(58-55)42-26-23-40(24-27-42)44-28-25-38-15-10-11-18-43(38)35-44/h1-36H. The van der Waals surface area contributed by atoms with Crippen LogP contribution in [0.15, 0.2) is 223 Å². The number of furan rings is 1. The molecule has 0 fully saturated rings. The summed E-state index contributed by atoms with van der Waals surface area (Å²) < 4.78 is 6.67. The van der Waals surface area contributed by atoms with Gasteiger partial charge < -0.3 is 9.32 Å². The van der Waals surface area contributed by atoms with Crippen molar-refractivity contribution in [1.29, 1.82) is 0 Å². The Morgan fingerprint density at radius 1 is 0.317 bits per heavy atom. The second kappa shape index (κ2) is 15.0. The number of aromatic nitrogens is 3. The zero-order chi connectivity index (χ0) is 39.8. The molecule has 0 saturated carbocycles. The summed E-state index contributed by atoms with van der Waals surface area (Å²) in [5, 5.41) is 4.48. The maximum atomic E-state index is 6.67. The van der Waals surface area contributed by atoms with E-state index in [1.165, 1.54) is 21.9 Å². The summed E-state index contributed by atoms with van der Waals surface area (Å²) in [5.74, 6) is 1.79. The van der Waals surface area contributed by atoms with Crippen molar-refractivity contribution < 1.29 is 4.42 Å². The molecular formula is C55H36N4O. The smallest absolute Gasteiger partial charge is 0.164 e. The number of fused-ring (bicyclic) bond motifs is 4. The van der Waals surface area contributed by atoms with Crippen LogP contribution in [0.2, 0.25) is 0 Å². The monoisotopic (exact) mass is 768 g/mol. The van der Waals surface area contributed by atoms with Crippen molar-refractivity contribution in [3.63, 3.8) is 0 Å². The minimum Gasteiger partial charge on any atom is -0.456 e. The first kappa shape index (κ1) is 35.0.